The van der Waals surface area contributed by atoms with Crippen LogP contribution in [0.2, 0.25) is 0 Å². The number of thiophene rings is 1. The highest BCUT2D eigenvalue weighted by Crippen LogP contribution is 2.23. The van der Waals surface area contributed by atoms with Crippen molar-refractivity contribution in [2.45, 2.75) is 37.8 Å². The zero-order chi connectivity index (χ0) is 11.5. The summed E-state index contributed by atoms with van der Waals surface area (Å²) in [5, 5.41) is 3.05. The van der Waals surface area contributed by atoms with Gasteiger partial charge in [0.25, 0.3) is 5.91 Å². The van der Waals surface area contributed by atoms with Gasteiger partial charge in [-0.3, -0.25) is 4.79 Å². The predicted molar refractivity (Wildman–Crippen MR) is 69.7 cm³/mol. The average molecular weight is 303 g/mol. The van der Waals surface area contributed by atoms with Gasteiger partial charge in [0.15, 0.2) is 0 Å². The van der Waals surface area contributed by atoms with Crippen LogP contribution in [-0.2, 0) is 0 Å². The molecule has 0 radical (unpaired) electrons. The molecule has 0 saturated heterocycles. The Hall–Kier alpha value is -0.390. The molecule has 3 N–H and O–H groups in total. The van der Waals surface area contributed by atoms with E-state index in [0.717, 1.165) is 34.3 Å². The first-order valence-electron chi connectivity index (χ1n) is 5.47. The molecule has 2 rings (SSSR count). The number of carbonyl (C=O) groups is 1. The lowest BCUT2D eigenvalue weighted by molar-refractivity contribution is 0.0930. The number of carbonyl (C=O) groups excluding carboxylic acids is 1. The Morgan fingerprint density at radius 2 is 2.31 bits per heavy atom. The zero-order valence-electron chi connectivity index (χ0n) is 8.91. The molecule has 1 aromatic heterocycles. The lowest BCUT2D eigenvalue weighted by Gasteiger charge is -2.27. The van der Waals surface area contributed by atoms with Gasteiger partial charge in [-0.05, 0) is 53.7 Å². The summed E-state index contributed by atoms with van der Waals surface area (Å²) in [5.74, 6) is 0.0230. The van der Waals surface area contributed by atoms with Gasteiger partial charge >= 0.3 is 0 Å². The molecule has 16 heavy (non-hydrogen) atoms. The van der Waals surface area contributed by atoms with Crippen molar-refractivity contribution in [3.63, 3.8) is 0 Å². The highest BCUT2D eigenvalue weighted by Gasteiger charge is 2.21. The molecule has 1 heterocycles. The fourth-order valence-corrected chi connectivity index (χ4v) is 3.34. The van der Waals surface area contributed by atoms with Crippen molar-refractivity contribution in [3.05, 3.63) is 20.8 Å². The Labute approximate surface area is 108 Å². The van der Waals surface area contributed by atoms with Gasteiger partial charge in [0.05, 0.1) is 8.66 Å². The van der Waals surface area contributed by atoms with E-state index in [1.807, 2.05) is 12.1 Å². The average Bonchev–Trinajstić information content (AvgIpc) is 2.65. The molecule has 1 aliphatic carbocycles. The van der Waals surface area contributed by atoms with Crippen LogP contribution in [0.1, 0.15) is 35.4 Å². The minimum absolute atomic E-state index is 0.0230. The summed E-state index contributed by atoms with van der Waals surface area (Å²) in [4.78, 5) is 12.6. The second-order valence-corrected chi connectivity index (χ2v) is 6.66. The van der Waals surface area contributed by atoms with E-state index in [4.69, 9.17) is 5.73 Å². The normalized spacial score (nSPS) is 25.4. The molecule has 1 amide bonds. The molecular weight excluding hydrogens is 288 g/mol. The van der Waals surface area contributed by atoms with Gasteiger partial charge in [-0.25, -0.2) is 0 Å². The number of rotatable bonds is 2. The minimum atomic E-state index is 0.0230. The van der Waals surface area contributed by atoms with Crippen LogP contribution in [0.25, 0.3) is 0 Å². The summed E-state index contributed by atoms with van der Waals surface area (Å²) in [6.07, 6.45) is 4.14. The molecule has 0 aliphatic heterocycles. The van der Waals surface area contributed by atoms with Crippen molar-refractivity contribution in [1.29, 1.82) is 0 Å². The van der Waals surface area contributed by atoms with Crippen LogP contribution in [0.4, 0.5) is 0 Å². The van der Waals surface area contributed by atoms with Crippen LogP contribution in [-0.4, -0.2) is 18.0 Å². The van der Waals surface area contributed by atoms with E-state index in [2.05, 4.69) is 21.2 Å². The van der Waals surface area contributed by atoms with Crippen LogP contribution >= 0.6 is 27.3 Å². The van der Waals surface area contributed by atoms with E-state index in [1.54, 1.807) is 0 Å². The first kappa shape index (κ1) is 12.1. The summed E-state index contributed by atoms with van der Waals surface area (Å²) in [7, 11) is 0. The molecule has 3 nitrogen and oxygen atoms in total. The Bertz CT molecular complexity index is 380. The van der Waals surface area contributed by atoms with Gasteiger partial charge in [-0.15, -0.1) is 11.3 Å². The Morgan fingerprint density at radius 3 is 2.94 bits per heavy atom. The molecule has 0 spiro atoms. The third-order valence-electron chi connectivity index (χ3n) is 2.85. The maximum absolute atomic E-state index is 11.9. The van der Waals surface area contributed by atoms with E-state index >= 15 is 0 Å². The Balaban J connectivity index is 1.92. The highest BCUT2D eigenvalue weighted by atomic mass is 79.9. The molecule has 5 heteroatoms. The van der Waals surface area contributed by atoms with Crippen molar-refractivity contribution in [3.8, 4) is 0 Å². The van der Waals surface area contributed by atoms with Crippen LogP contribution in [0.15, 0.2) is 15.9 Å². The van der Waals surface area contributed by atoms with Gasteiger partial charge in [-0.2, -0.15) is 0 Å². The molecule has 1 saturated carbocycles. The molecule has 0 bridgehead atoms. The quantitative estimate of drug-likeness (QED) is 0.882. The first-order chi connectivity index (χ1) is 7.65. The summed E-state index contributed by atoms with van der Waals surface area (Å²) < 4.78 is 0.984. The number of halogens is 1. The monoisotopic (exact) mass is 302 g/mol. The van der Waals surface area contributed by atoms with Gasteiger partial charge in [-0.1, -0.05) is 0 Å². The summed E-state index contributed by atoms with van der Waals surface area (Å²) in [6, 6.07) is 4.23. The smallest absolute Gasteiger partial charge is 0.261 e. The molecular formula is C11H15BrN2OS. The summed E-state index contributed by atoms with van der Waals surface area (Å²) in [5.41, 5.74) is 5.89. The minimum Gasteiger partial charge on any atom is -0.349 e. The molecule has 1 aliphatic rings. The van der Waals surface area contributed by atoms with Crippen molar-refractivity contribution >= 4 is 33.2 Å². The fourth-order valence-electron chi connectivity index (χ4n) is 2.05. The van der Waals surface area contributed by atoms with Crippen molar-refractivity contribution < 1.29 is 4.79 Å². The van der Waals surface area contributed by atoms with Crippen LogP contribution < -0.4 is 11.1 Å². The molecule has 1 fully saturated rings. The van der Waals surface area contributed by atoms with E-state index in [1.165, 1.54) is 11.3 Å². The van der Waals surface area contributed by atoms with Gasteiger partial charge in [0.2, 0.25) is 0 Å². The fraction of sp³-hybridized carbons (Fsp3) is 0.545. The van der Waals surface area contributed by atoms with Crippen LogP contribution in [0, 0.1) is 0 Å². The summed E-state index contributed by atoms with van der Waals surface area (Å²) in [6.45, 7) is 0. The number of hydrogen-bond donors (Lipinski definition) is 2. The van der Waals surface area contributed by atoms with Crippen LogP contribution in [0.5, 0.6) is 0 Å². The first-order valence-corrected chi connectivity index (χ1v) is 7.08. The Morgan fingerprint density at radius 1 is 1.50 bits per heavy atom. The molecule has 88 valence electrons. The van der Waals surface area contributed by atoms with Gasteiger partial charge in [0.1, 0.15) is 0 Å². The molecule has 0 unspecified atom stereocenters. The van der Waals surface area contributed by atoms with Crippen LogP contribution in [0.3, 0.4) is 0 Å². The van der Waals surface area contributed by atoms with E-state index in [9.17, 15) is 4.79 Å². The van der Waals surface area contributed by atoms with E-state index < -0.39 is 0 Å². The number of hydrogen-bond acceptors (Lipinski definition) is 3. The number of amides is 1. The van der Waals surface area contributed by atoms with E-state index in [0.29, 0.717) is 0 Å². The Kier molecular flexibility index (Phi) is 4.00. The largest absolute Gasteiger partial charge is 0.349 e. The van der Waals surface area contributed by atoms with Crippen molar-refractivity contribution in [1.82, 2.24) is 5.32 Å². The van der Waals surface area contributed by atoms with Crippen molar-refractivity contribution in [2.24, 2.45) is 5.73 Å². The molecule has 2 atom stereocenters. The standard InChI is InChI=1S/C11H15BrN2OS/c12-10-5-4-9(16-10)11(15)14-8-3-1-2-7(13)6-8/h4-5,7-8H,1-3,6,13H2,(H,14,15)/t7-,8+/m1/s1. The van der Waals surface area contributed by atoms with Crippen molar-refractivity contribution in [2.75, 3.05) is 0 Å². The third-order valence-corrected chi connectivity index (χ3v) is 4.47. The highest BCUT2D eigenvalue weighted by molar-refractivity contribution is 9.11. The number of nitrogens with one attached hydrogen (secondary N) is 1. The number of nitrogens with two attached hydrogens (primary N) is 1. The SMILES string of the molecule is N[C@@H]1CCC[C@H](NC(=O)c2ccc(Br)s2)C1. The lowest BCUT2D eigenvalue weighted by atomic mass is 9.91. The lowest BCUT2D eigenvalue weighted by Crippen LogP contribution is -2.42. The van der Waals surface area contributed by atoms with Gasteiger partial charge < -0.3 is 11.1 Å². The maximum Gasteiger partial charge on any atom is 0.261 e. The third kappa shape index (κ3) is 3.06. The molecule has 0 aromatic carbocycles. The maximum atomic E-state index is 11.9. The van der Waals surface area contributed by atoms with E-state index in [-0.39, 0.29) is 18.0 Å². The topological polar surface area (TPSA) is 55.1 Å². The zero-order valence-corrected chi connectivity index (χ0v) is 11.3. The molecule has 1 aromatic rings. The second kappa shape index (κ2) is 5.29. The van der Waals surface area contributed by atoms with Gasteiger partial charge in [0, 0.05) is 12.1 Å². The summed E-state index contributed by atoms with van der Waals surface area (Å²) >= 11 is 4.81. The second-order valence-electron chi connectivity index (χ2n) is 4.20. The predicted octanol–water partition coefficient (Wildman–Crippen LogP) is 2.51.